The van der Waals surface area contributed by atoms with Crippen molar-refractivity contribution in [3.63, 3.8) is 0 Å². The lowest BCUT2D eigenvalue weighted by Crippen LogP contribution is -2.24. The third-order valence-electron chi connectivity index (χ3n) is 6.31. The quantitative estimate of drug-likeness (QED) is 0.275. The van der Waals surface area contributed by atoms with Crippen molar-refractivity contribution in [2.24, 2.45) is 0 Å². The molecule has 0 spiro atoms. The summed E-state index contributed by atoms with van der Waals surface area (Å²) in [6, 6.07) is 19.9. The standard InChI is InChI=1S/C27H25BrClN3O2/c1-17-13-22(14-18(2)26(17)29)34-12-11-31-24-6-4-3-5-23(24)30-27(31)19-15-25(33)32(16-19)21-9-7-20(28)8-10-21/h3-10,13-14,19H,11-12,15-16H2,1-2H3. The van der Waals surface area contributed by atoms with Gasteiger partial charge in [0.15, 0.2) is 0 Å². The fourth-order valence-corrected chi connectivity index (χ4v) is 5.01. The number of rotatable bonds is 6. The van der Waals surface area contributed by atoms with Crippen LogP contribution in [0, 0.1) is 13.8 Å². The highest BCUT2D eigenvalue weighted by atomic mass is 79.9. The van der Waals surface area contributed by atoms with Crippen LogP contribution < -0.4 is 9.64 Å². The van der Waals surface area contributed by atoms with E-state index in [1.54, 1.807) is 0 Å². The SMILES string of the molecule is Cc1cc(OCCn2c(C3CC(=O)N(c4ccc(Br)cc4)C3)nc3ccccc32)cc(C)c1Cl. The molecule has 1 aromatic heterocycles. The highest BCUT2D eigenvalue weighted by Crippen LogP contribution is 2.34. The molecule has 34 heavy (non-hydrogen) atoms. The molecule has 1 unspecified atom stereocenters. The lowest BCUT2D eigenvalue weighted by Gasteiger charge is -2.18. The summed E-state index contributed by atoms with van der Waals surface area (Å²) in [6.07, 6.45) is 0.440. The van der Waals surface area contributed by atoms with Gasteiger partial charge < -0.3 is 14.2 Å². The summed E-state index contributed by atoms with van der Waals surface area (Å²) in [6.45, 7) is 5.71. The van der Waals surface area contributed by atoms with E-state index >= 15 is 0 Å². The number of benzene rings is 3. The van der Waals surface area contributed by atoms with E-state index in [1.807, 2.05) is 73.3 Å². The molecule has 7 heteroatoms. The summed E-state index contributed by atoms with van der Waals surface area (Å²) < 4.78 is 9.29. The minimum atomic E-state index is 0.0172. The van der Waals surface area contributed by atoms with Gasteiger partial charge in [0.1, 0.15) is 18.2 Å². The number of carbonyl (C=O) groups is 1. The Morgan fingerprint density at radius 1 is 1.09 bits per heavy atom. The van der Waals surface area contributed by atoms with Gasteiger partial charge >= 0.3 is 0 Å². The predicted molar refractivity (Wildman–Crippen MR) is 140 cm³/mol. The Hall–Kier alpha value is -2.83. The highest BCUT2D eigenvalue weighted by molar-refractivity contribution is 9.10. The maximum absolute atomic E-state index is 12.9. The monoisotopic (exact) mass is 537 g/mol. The first-order valence-electron chi connectivity index (χ1n) is 11.3. The van der Waals surface area contributed by atoms with Crippen molar-refractivity contribution < 1.29 is 9.53 Å². The van der Waals surface area contributed by atoms with Crippen LogP contribution in [-0.4, -0.2) is 28.6 Å². The Kier molecular flexibility index (Phi) is 6.36. The maximum atomic E-state index is 12.9. The number of ether oxygens (including phenoxy) is 1. The molecule has 3 aromatic carbocycles. The first-order chi connectivity index (χ1) is 16.4. The molecule has 0 saturated carbocycles. The van der Waals surface area contributed by atoms with Gasteiger partial charge in [0.25, 0.3) is 0 Å². The number of aromatic nitrogens is 2. The van der Waals surface area contributed by atoms with Crippen molar-refractivity contribution in [3.8, 4) is 5.75 Å². The van der Waals surface area contributed by atoms with Gasteiger partial charge in [-0.3, -0.25) is 4.79 Å². The van der Waals surface area contributed by atoms with Crippen LogP contribution in [-0.2, 0) is 11.3 Å². The van der Waals surface area contributed by atoms with Gasteiger partial charge in [-0.05, 0) is 73.5 Å². The van der Waals surface area contributed by atoms with E-state index in [4.69, 9.17) is 21.3 Å². The summed E-state index contributed by atoms with van der Waals surface area (Å²) in [4.78, 5) is 19.7. The van der Waals surface area contributed by atoms with Crippen LogP contribution in [0.5, 0.6) is 5.75 Å². The van der Waals surface area contributed by atoms with Crippen molar-refractivity contribution in [2.45, 2.75) is 32.7 Å². The second kappa shape index (κ2) is 9.43. The van der Waals surface area contributed by atoms with E-state index in [0.717, 1.165) is 48.9 Å². The molecule has 0 aliphatic carbocycles. The number of imidazole rings is 1. The molecule has 0 radical (unpaired) electrons. The number of carbonyl (C=O) groups excluding carboxylic acids is 1. The van der Waals surface area contributed by atoms with Gasteiger partial charge in [0.05, 0.1) is 17.6 Å². The van der Waals surface area contributed by atoms with Crippen LogP contribution >= 0.6 is 27.5 Å². The van der Waals surface area contributed by atoms with Gasteiger partial charge in [-0.25, -0.2) is 4.98 Å². The molecule has 5 nitrogen and oxygen atoms in total. The molecule has 4 aromatic rings. The normalized spacial score (nSPS) is 15.9. The predicted octanol–water partition coefficient (Wildman–Crippen LogP) is 6.67. The number of fused-ring (bicyclic) bond motifs is 1. The molecule has 1 atom stereocenters. The topological polar surface area (TPSA) is 47.4 Å². The van der Waals surface area contributed by atoms with Crippen LogP contribution in [0.3, 0.4) is 0 Å². The Morgan fingerprint density at radius 2 is 1.79 bits per heavy atom. The Morgan fingerprint density at radius 3 is 2.53 bits per heavy atom. The molecule has 2 heterocycles. The van der Waals surface area contributed by atoms with Crippen molar-refractivity contribution in [1.29, 1.82) is 0 Å². The number of halogens is 2. The average Bonchev–Trinajstić information content (AvgIpc) is 3.38. The zero-order chi connectivity index (χ0) is 23.8. The van der Waals surface area contributed by atoms with E-state index in [0.29, 0.717) is 26.1 Å². The smallest absolute Gasteiger partial charge is 0.227 e. The van der Waals surface area contributed by atoms with Gasteiger partial charge in [-0.2, -0.15) is 0 Å². The maximum Gasteiger partial charge on any atom is 0.227 e. The van der Waals surface area contributed by atoms with Crippen LogP contribution in [0.15, 0.2) is 65.1 Å². The summed E-state index contributed by atoms with van der Waals surface area (Å²) in [5.41, 5.74) is 4.91. The summed E-state index contributed by atoms with van der Waals surface area (Å²) in [5, 5.41) is 0.775. The van der Waals surface area contributed by atoms with E-state index in [-0.39, 0.29) is 11.8 Å². The van der Waals surface area contributed by atoms with E-state index in [2.05, 4.69) is 26.6 Å². The summed E-state index contributed by atoms with van der Waals surface area (Å²) in [5.74, 6) is 1.88. The molecule has 174 valence electrons. The van der Waals surface area contributed by atoms with Gasteiger partial charge in [0, 0.05) is 34.1 Å². The summed E-state index contributed by atoms with van der Waals surface area (Å²) in [7, 11) is 0. The van der Waals surface area contributed by atoms with Gasteiger partial charge in [-0.1, -0.05) is 39.7 Å². The Balaban J connectivity index is 1.39. The van der Waals surface area contributed by atoms with Gasteiger partial charge in [-0.15, -0.1) is 0 Å². The second-order valence-corrected chi connectivity index (χ2v) is 10.0. The molecule has 0 bridgehead atoms. The number of para-hydroxylation sites is 2. The van der Waals surface area contributed by atoms with Crippen LogP contribution in [0.4, 0.5) is 5.69 Å². The molecule has 1 aliphatic heterocycles. The molecule has 5 rings (SSSR count). The highest BCUT2D eigenvalue weighted by Gasteiger charge is 2.34. The lowest BCUT2D eigenvalue weighted by atomic mass is 10.1. The van der Waals surface area contributed by atoms with Crippen molar-refractivity contribution in [1.82, 2.24) is 9.55 Å². The zero-order valence-electron chi connectivity index (χ0n) is 19.1. The van der Waals surface area contributed by atoms with E-state index in [1.165, 1.54) is 0 Å². The molecule has 1 saturated heterocycles. The first kappa shape index (κ1) is 22.9. The largest absolute Gasteiger partial charge is 0.492 e. The fraction of sp³-hybridized carbons (Fsp3) is 0.259. The second-order valence-electron chi connectivity index (χ2n) is 8.71. The Labute approximate surface area is 212 Å². The number of aryl methyl sites for hydroxylation is 2. The molecule has 1 fully saturated rings. The lowest BCUT2D eigenvalue weighted by molar-refractivity contribution is -0.117. The van der Waals surface area contributed by atoms with E-state index < -0.39 is 0 Å². The number of hydrogen-bond donors (Lipinski definition) is 0. The van der Waals surface area contributed by atoms with Crippen molar-refractivity contribution in [2.75, 3.05) is 18.1 Å². The zero-order valence-corrected chi connectivity index (χ0v) is 21.4. The number of nitrogens with zero attached hydrogens (tertiary/aromatic N) is 3. The number of anilines is 1. The molecule has 1 amide bonds. The summed E-state index contributed by atoms with van der Waals surface area (Å²) >= 11 is 9.76. The van der Waals surface area contributed by atoms with E-state index in [9.17, 15) is 4.79 Å². The third-order valence-corrected chi connectivity index (χ3v) is 7.43. The molecule has 1 aliphatic rings. The minimum absolute atomic E-state index is 0.0172. The fourth-order valence-electron chi connectivity index (χ4n) is 4.64. The average molecular weight is 539 g/mol. The van der Waals surface area contributed by atoms with Crippen molar-refractivity contribution >= 4 is 50.2 Å². The van der Waals surface area contributed by atoms with Crippen LogP contribution in [0.2, 0.25) is 5.02 Å². The number of amides is 1. The Bertz CT molecular complexity index is 1340. The minimum Gasteiger partial charge on any atom is -0.492 e. The van der Waals surface area contributed by atoms with Crippen molar-refractivity contribution in [3.05, 3.63) is 87.1 Å². The van der Waals surface area contributed by atoms with Gasteiger partial charge in [0.2, 0.25) is 5.91 Å². The van der Waals surface area contributed by atoms with Crippen LogP contribution in [0.25, 0.3) is 11.0 Å². The molecular formula is C27H25BrClN3O2. The molecular weight excluding hydrogens is 514 g/mol. The number of hydrogen-bond acceptors (Lipinski definition) is 3. The van der Waals surface area contributed by atoms with Crippen LogP contribution in [0.1, 0.15) is 29.3 Å². The first-order valence-corrected chi connectivity index (χ1v) is 12.5. The molecule has 0 N–H and O–H groups in total. The third kappa shape index (κ3) is 4.44.